The van der Waals surface area contributed by atoms with Crippen LogP contribution in [0.1, 0.15) is 11.3 Å². The van der Waals surface area contributed by atoms with Crippen molar-refractivity contribution in [1.29, 1.82) is 0 Å². The van der Waals surface area contributed by atoms with Crippen molar-refractivity contribution in [1.82, 2.24) is 0 Å². The van der Waals surface area contributed by atoms with Gasteiger partial charge in [0.1, 0.15) is 23.2 Å². The molecule has 2 rings (SSSR count). The van der Waals surface area contributed by atoms with Crippen molar-refractivity contribution in [2.45, 2.75) is 13.5 Å². The van der Waals surface area contributed by atoms with E-state index in [9.17, 15) is 8.78 Å². The maximum absolute atomic E-state index is 13.4. The van der Waals surface area contributed by atoms with Gasteiger partial charge >= 0.3 is 0 Å². The Kier molecular flexibility index (Phi) is 2.75. The van der Waals surface area contributed by atoms with Crippen molar-refractivity contribution in [3.05, 3.63) is 47.2 Å². The van der Waals surface area contributed by atoms with Crippen LogP contribution < -0.4 is 0 Å². The number of rotatable bonds is 2. The van der Waals surface area contributed by atoms with Crippen LogP contribution in [-0.2, 0) is 6.61 Å². The summed E-state index contributed by atoms with van der Waals surface area (Å²) in [5.74, 6) is -0.495. The Balaban J connectivity index is 2.50. The van der Waals surface area contributed by atoms with Crippen molar-refractivity contribution >= 4 is 0 Å². The molecule has 84 valence electrons. The summed E-state index contributed by atoms with van der Waals surface area (Å²) >= 11 is 0. The highest BCUT2D eigenvalue weighted by molar-refractivity contribution is 5.59. The molecule has 0 spiro atoms. The number of hydrogen-bond acceptors (Lipinski definition) is 2. The lowest BCUT2D eigenvalue weighted by Crippen LogP contribution is -1.84. The molecule has 1 aromatic heterocycles. The molecule has 0 saturated carbocycles. The van der Waals surface area contributed by atoms with Crippen LogP contribution in [-0.4, -0.2) is 5.11 Å². The average Bonchev–Trinajstić information content (AvgIpc) is 2.59. The second kappa shape index (κ2) is 4.06. The Morgan fingerprint density at radius 2 is 2.00 bits per heavy atom. The van der Waals surface area contributed by atoms with Gasteiger partial charge in [0.05, 0.1) is 12.2 Å². The quantitative estimate of drug-likeness (QED) is 0.850. The lowest BCUT2D eigenvalue weighted by atomic mass is 10.1. The molecule has 0 amide bonds. The highest BCUT2D eigenvalue weighted by atomic mass is 19.1. The lowest BCUT2D eigenvalue weighted by molar-refractivity contribution is 0.279. The molecule has 1 N–H and O–H groups in total. The van der Waals surface area contributed by atoms with E-state index in [4.69, 9.17) is 9.52 Å². The topological polar surface area (TPSA) is 33.4 Å². The monoisotopic (exact) mass is 224 g/mol. The number of aliphatic hydroxyl groups is 1. The molecule has 0 aliphatic carbocycles. The van der Waals surface area contributed by atoms with Crippen molar-refractivity contribution in [2.24, 2.45) is 0 Å². The van der Waals surface area contributed by atoms with Gasteiger partial charge < -0.3 is 9.52 Å². The van der Waals surface area contributed by atoms with Gasteiger partial charge in [-0.05, 0) is 25.1 Å². The van der Waals surface area contributed by atoms with Gasteiger partial charge in [-0.15, -0.1) is 0 Å². The Morgan fingerprint density at radius 3 is 2.56 bits per heavy atom. The van der Waals surface area contributed by atoms with Crippen LogP contribution >= 0.6 is 0 Å². The first-order chi connectivity index (χ1) is 7.61. The summed E-state index contributed by atoms with van der Waals surface area (Å²) in [6.45, 7) is 1.51. The van der Waals surface area contributed by atoms with E-state index in [0.717, 1.165) is 12.1 Å². The molecular weight excluding hydrogens is 214 g/mol. The number of aryl methyl sites for hydroxylation is 1. The zero-order chi connectivity index (χ0) is 11.7. The summed E-state index contributed by atoms with van der Waals surface area (Å²) in [5, 5.41) is 8.98. The van der Waals surface area contributed by atoms with Crippen molar-refractivity contribution < 1.29 is 18.3 Å². The molecule has 0 aliphatic heterocycles. The molecule has 0 atom stereocenters. The predicted octanol–water partition coefficient (Wildman–Crippen LogP) is 3.03. The highest BCUT2D eigenvalue weighted by Crippen LogP contribution is 2.27. The third-order valence-corrected chi connectivity index (χ3v) is 2.39. The van der Waals surface area contributed by atoms with Gasteiger partial charge in [0.2, 0.25) is 0 Å². The summed E-state index contributed by atoms with van der Waals surface area (Å²) in [6.07, 6.45) is 0. The standard InChI is InChI=1S/C12H10F2O2/c1-7-8(6-15)4-12(16-7)10-3-2-9(13)5-11(10)14/h2-5,15H,6H2,1H3. The van der Waals surface area contributed by atoms with Gasteiger partial charge in [-0.3, -0.25) is 0 Å². The van der Waals surface area contributed by atoms with E-state index in [-0.39, 0.29) is 12.2 Å². The van der Waals surface area contributed by atoms with Crippen LogP contribution in [0, 0.1) is 18.6 Å². The second-order valence-electron chi connectivity index (χ2n) is 3.47. The molecule has 4 heteroatoms. The third-order valence-electron chi connectivity index (χ3n) is 2.39. The van der Waals surface area contributed by atoms with Gasteiger partial charge in [0, 0.05) is 11.6 Å². The van der Waals surface area contributed by atoms with Crippen molar-refractivity contribution in [3.8, 4) is 11.3 Å². The van der Waals surface area contributed by atoms with Crippen LogP contribution in [0.5, 0.6) is 0 Å². The third kappa shape index (κ3) is 1.84. The first-order valence-corrected chi connectivity index (χ1v) is 4.77. The lowest BCUT2D eigenvalue weighted by Gasteiger charge is -1.98. The predicted molar refractivity (Wildman–Crippen MR) is 54.7 cm³/mol. The van der Waals surface area contributed by atoms with Crippen LogP contribution in [0.25, 0.3) is 11.3 Å². The van der Waals surface area contributed by atoms with E-state index in [1.54, 1.807) is 13.0 Å². The first-order valence-electron chi connectivity index (χ1n) is 4.77. The molecule has 2 aromatic rings. The number of benzene rings is 1. The Bertz CT molecular complexity index is 518. The summed E-state index contributed by atoms with van der Waals surface area (Å²) in [7, 11) is 0. The fourth-order valence-electron chi connectivity index (χ4n) is 1.50. The Labute approximate surface area is 91.1 Å². The number of halogens is 2. The van der Waals surface area contributed by atoms with Crippen LogP contribution in [0.15, 0.2) is 28.7 Å². The fraction of sp³-hybridized carbons (Fsp3) is 0.167. The Hall–Kier alpha value is -1.68. The van der Waals surface area contributed by atoms with E-state index in [2.05, 4.69) is 0 Å². The molecule has 0 saturated heterocycles. The normalized spacial score (nSPS) is 10.8. The SMILES string of the molecule is Cc1oc(-c2ccc(F)cc2F)cc1CO. The number of hydrogen-bond donors (Lipinski definition) is 1. The van der Waals surface area contributed by atoms with E-state index in [1.165, 1.54) is 6.07 Å². The molecule has 1 aromatic carbocycles. The van der Waals surface area contributed by atoms with Crippen LogP contribution in [0.2, 0.25) is 0 Å². The molecule has 1 heterocycles. The summed E-state index contributed by atoms with van der Waals surface area (Å²) in [4.78, 5) is 0. The van der Waals surface area contributed by atoms with Crippen LogP contribution in [0.4, 0.5) is 8.78 Å². The maximum Gasteiger partial charge on any atom is 0.137 e. The second-order valence-corrected chi connectivity index (χ2v) is 3.47. The van der Waals surface area contributed by atoms with E-state index in [1.807, 2.05) is 0 Å². The largest absolute Gasteiger partial charge is 0.461 e. The zero-order valence-corrected chi connectivity index (χ0v) is 8.63. The van der Waals surface area contributed by atoms with E-state index >= 15 is 0 Å². The van der Waals surface area contributed by atoms with Gasteiger partial charge in [-0.1, -0.05) is 0 Å². The van der Waals surface area contributed by atoms with Gasteiger partial charge in [0.15, 0.2) is 0 Å². The first kappa shape index (κ1) is 10.8. The molecule has 16 heavy (non-hydrogen) atoms. The summed E-state index contributed by atoms with van der Waals surface area (Å²) < 4.78 is 31.4. The molecule has 0 fully saturated rings. The maximum atomic E-state index is 13.4. The van der Waals surface area contributed by atoms with E-state index < -0.39 is 11.6 Å². The number of aliphatic hydroxyl groups excluding tert-OH is 1. The zero-order valence-electron chi connectivity index (χ0n) is 8.63. The summed E-state index contributed by atoms with van der Waals surface area (Å²) in [6, 6.07) is 4.82. The smallest absolute Gasteiger partial charge is 0.137 e. The average molecular weight is 224 g/mol. The van der Waals surface area contributed by atoms with Gasteiger partial charge in [0.25, 0.3) is 0 Å². The number of furan rings is 1. The minimum Gasteiger partial charge on any atom is -0.461 e. The van der Waals surface area contributed by atoms with Gasteiger partial charge in [-0.25, -0.2) is 8.78 Å². The Morgan fingerprint density at radius 1 is 1.25 bits per heavy atom. The minimum atomic E-state index is -0.682. The molecular formula is C12H10F2O2. The van der Waals surface area contributed by atoms with E-state index in [0.29, 0.717) is 17.1 Å². The molecule has 0 bridgehead atoms. The molecule has 0 radical (unpaired) electrons. The molecule has 2 nitrogen and oxygen atoms in total. The molecule has 0 unspecified atom stereocenters. The van der Waals surface area contributed by atoms with Crippen molar-refractivity contribution in [2.75, 3.05) is 0 Å². The van der Waals surface area contributed by atoms with Crippen LogP contribution in [0.3, 0.4) is 0 Å². The fourth-order valence-corrected chi connectivity index (χ4v) is 1.50. The van der Waals surface area contributed by atoms with Crippen molar-refractivity contribution in [3.63, 3.8) is 0 Å². The summed E-state index contributed by atoms with van der Waals surface area (Å²) in [5.41, 5.74) is 0.780. The highest BCUT2D eigenvalue weighted by Gasteiger charge is 2.12. The van der Waals surface area contributed by atoms with Gasteiger partial charge in [-0.2, -0.15) is 0 Å². The molecule has 0 aliphatic rings. The minimum absolute atomic E-state index is 0.169.